The molecule has 1 aromatic rings. The van der Waals surface area contributed by atoms with Crippen LogP contribution < -0.4 is 16.2 Å². The van der Waals surface area contributed by atoms with E-state index in [1.165, 1.54) is 23.8 Å². The van der Waals surface area contributed by atoms with E-state index in [0.717, 1.165) is 30.9 Å². The van der Waals surface area contributed by atoms with Gasteiger partial charge in [0.05, 0.1) is 31.3 Å². The first-order chi connectivity index (χ1) is 16.7. The Labute approximate surface area is 209 Å². The van der Waals surface area contributed by atoms with E-state index < -0.39 is 29.2 Å². The lowest BCUT2D eigenvalue weighted by Gasteiger charge is -2.51. The number of rotatable bonds is 9. The maximum absolute atomic E-state index is 13.0. The molecule has 2 amide bonds. The molecular weight excluding hydrogens is 498 g/mol. The normalized spacial score (nSPS) is 28.5. The second-order valence-electron chi connectivity index (χ2n) is 8.85. The van der Waals surface area contributed by atoms with Gasteiger partial charge < -0.3 is 35.4 Å². The minimum atomic E-state index is -1.42. The van der Waals surface area contributed by atoms with Crippen molar-refractivity contribution in [1.29, 1.82) is 0 Å². The first-order valence-corrected chi connectivity index (χ1v) is 12.9. The van der Waals surface area contributed by atoms with Crippen LogP contribution in [0.3, 0.4) is 0 Å². The van der Waals surface area contributed by atoms with E-state index in [0.29, 0.717) is 28.8 Å². The van der Waals surface area contributed by atoms with Gasteiger partial charge in [0.2, 0.25) is 11.5 Å². The first-order valence-electron chi connectivity index (χ1n) is 11.0. The predicted octanol–water partition coefficient (Wildman–Crippen LogP) is -2.13. The molecule has 2 saturated heterocycles. The monoisotopic (exact) mass is 525 g/mol. The highest BCUT2D eigenvalue weighted by Gasteiger charge is 2.54. The molecule has 0 saturated carbocycles. The van der Waals surface area contributed by atoms with Gasteiger partial charge in [-0.05, 0) is 0 Å². The number of nitrogen functional groups attached to an aromatic ring is 1. The van der Waals surface area contributed by atoms with Crippen molar-refractivity contribution >= 4 is 51.9 Å². The number of hydrogen-bond donors (Lipinski definition) is 3. The van der Waals surface area contributed by atoms with Gasteiger partial charge in [0, 0.05) is 48.7 Å². The smallest absolute Gasteiger partial charge is 0.278 e. The Morgan fingerprint density at radius 3 is 2.86 bits per heavy atom. The van der Waals surface area contributed by atoms with Crippen LogP contribution in [0.4, 0.5) is 5.13 Å². The highest BCUT2D eigenvalue weighted by molar-refractivity contribution is 8.00. The summed E-state index contributed by atoms with van der Waals surface area (Å²) in [5.41, 5.74) is 5.84. The summed E-state index contributed by atoms with van der Waals surface area (Å²) in [6.45, 7) is 1.40. The van der Waals surface area contributed by atoms with Crippen LogP contribution in [0.2, 0.25) is 0 Å². The number of quaternary nitrogens is 1. The van der Waals surface area contributed by atoms with Crippen molar-refractivity contribution in [3.8, 4) is 0 Å². The number of oxime groups is 1. The Morgan fingerprint density at radius 1 is 1.46 bits per heavy atom. The van der Waals surface area contributed by atoms with Crippen LogP contribution in [-0.2, 0) is 19.2 Å². The zero-order valence-corrected chi connectivity index (χ0v) is 20.9. The number of carboxylic acids is 1. The number of nitrogens with zero attached hydrogens (tertiary/aromatic N) is 5. The molecule has 0 aliphatic carbocycles. The standard InChI is InChI=1S/C20H27N7O6S2/c1-27(6-3-4-11(27)5-7-28)8-10-9-34-18-13(17(30)26(18)14(10)19(31)32)22-16(29)12(24-33-2)15-23-20(21)35-25-15/h11,13,18,28H,3-9H2,1-2H3,(H3-,21,22,23,25,29,31,32)/b24-12-/t11?,13-,18+,27?/m1/s1. The van der Waals surface area contributed by atoms with Gasteiger partial charge in [0.25, 0.3) is 11.8 Å². The van der Waals surface area contributed by atoms with Crippen molar-refractivity contribution in [2.45, 2.75) is 36.7 Å². The molecule has 4 heterocycles. The number of nitrogens with one attached hydrogen (secondary N) is 1. The van der Waals surface area contributed by atoms with Gasteiger partial charge in [-0.25, -0.2) is 0 Å². The van der Waals surface area contributed by atoms with Gasteiger partial charge in [-0.2, -0.15) is 9.36 Å². The lowest BCUT2D eigenvalue weighted by atomic mass is 10.0. The van der Waals surface area contributed by atoms with Gasteiger partial charge in [0.15, 0.2) is 5.13 Å². The predicted molar refractivity (Wildman–Crippen MR) is 126 cm³/mol. The largest absolute Gasteiger partial charge is 0.543 e. The van der Waals surface area contributed by atoms with E-state index in [4.69, 9.17) is 10.6 Å². The van der Waals surface area contributed by atoms with Crippen LogP contribution >= 0.6 is 23.3 Å². The SMILES string of the molecule is CO/N=C(\C(=O)N[C@@H]1C(=O)N2C(C(=O)[O-])=C(C[N+]3(C)CCCC3CCO)CS[C@@H]12)c1nsc(N)n1. The van der Waals surface area contributed by atoms with Crippen LogP contribution in [0, 0.1) is 0 Å². The molecule has 0 aromatic carbocycles. The van der Waals surface area contributed by atoms with Crippen LogP contribution in [-0.4, -0.2) is 104 Å². The van der Waals surface area contributed by atoms with Crippen molar-refractivity contribution in [1.82, 2.24) is 19.6 Å². The van der Waals surface area contributed by atoms with E-state index in [1.807, 2.05) is 0 Å². The number of carboxylic acid groups (broad SMARTS) is 1. The second kappa shape index (κ2) is 10.1. The lowest BCUT2D eigenvalue weighted by molar-refractivity contribution is -0.917. The fourth-order valence-corrected chi connectivity index (χ4v) is 6.81. The molecule has 0 radical (unpaired) electrons. The molecule has 35 heavy (non-hydrogen) atoms. The van der Waals surface area contributed by atoms with E-state index in [2.05, 4.69) is 26.9 Å². The number of amides is 2. The number of aliphatic hydroxyl groups excluding tert-OH is 1. The number of anilines is 1. The van der Waals surface area contributed by atoms with Crippen LogP contribution in [0.5, 0.6) is 0 Å². The fourth-order valence-electron chi connectivity index (χ4n) is 5.04. The molecular formula is C20H27N7O6S2. The van der Waals surface area contributed by atoms with Crippen molar-refractivity contribution in [3.05, 3.63) is 17.1 Å². The number of carbonyl (C=O) groups excluding carboxylic acids is 3. The number of aromatic nitrogens is 2. The van der Waals surface area contributed by atoms with Gasteiger partial charge in [0.1, 0.15) is 25.1 Å². The Balaban J connectivity index is 1.52. The minimum absolute atomic E-state index is 0.0376. The van der Waals surface area contributed by atoms with Crippen molar-refractivity contribution in [2.75, 3.05) is 45.3 Å². The molecule has 1 aromatic heterocycles. The van der Waals surface area contributed by atoms with Crippen LogP contribution in [0.15, 0.2) is 16.4 Å². The molecule has 3 aliphatic rings. The van der Waals surface area contributed by atoms with Gasteiger partial charge in [-0.15, -0.1) is 11.8 Å². The summed E-state index contributed by atoms with van der Waals surface area (Å²) in [7, 11) is 3.31. The summed E-state index contributed by atoms with van der Waals surface area (Å²) >= 11 is 2.26. The number of likely N-dealkylation sites (tertiary alicyclic amines) is 1. The average Bonchev–Trinajstić information content (AvgIpc) is 3.40. The van der Waals surface area contributed by atoms with Gasteiger partial charge >= 0.3 is 0 Å². The molecule has 4 N–H and O–H groups in total. The lowest BCUT2D eigenvalue weighted by Crippen LogP contribution is -2.72. The number of hydrogen-bond acceptors (Lipinski definition) is 12. The average molecular weight is 526 g/mol. The zero-order valence-electron chi connectivity index (χ0n) is 19.3. The molecule has 13 nitrogen and oxygen atoms in total. The minimum Gasteiger partial charge on any atom is -0.543 e. The van der Waals surface area contributed by atoms with E-state index >= 15 is 0 Å². The summed E-state index contributed by atoms with van der Waals surface area (Å²) in [4.78, 5) is 47.8. The summed E-state index contributed by atoms with van der Waals surface area (Å²) < 4.78 is 4.56. The quantitative estimate of drug-likeness (QED) is 0.139. The molecule has 15 heteroatoms. The molecule has 4 rings (SSSR count). The zero-order chi connectivity index (χ0) is 25.3. The van der Waals surface area contributed by atoms with Gasteiger partial charge in [-0.1, -0.05) is 5.16 Å². The van der Waals surface area contributed by atoms with E-state index in [1.54, 1.807) is 0 Å². The topological polar surface area (TPSA) is 183 Å². The maximum atomic E-state index is 13.0. The molecule has 2 fully saturated rings. The second-order valence-corrected chi connectivity index (χ2v) is 10.7. The van der Waals surface area contributed by atoms with Crippen LogP contribution in [0.1, 0.15) is 25.1 Å². The number of likely N-dealkylation sites (N-methyl/N-ethyl adjacent to an activating group) is 1. The number of fused-ring (bicyclic) bond motifs is 1. The van der Waals surface area contributed by atoms with E-state index in [9.17, 15) is 24.6 Å². The summed E-state index contributed by atoms with van der Waals surface area (Å²) in [6, 6.07) is -0.732. The number of aliphatic carboxylic acids is 1. The van der Waals surface area contributed by atoms with Crippen molar-refractivity contribution < 1.29 is 33.9 Å². The molecule has 0 bridgehead atoms. The Morgan fingerprint density at radius 2 is 2.23 bits per heavy atom. The number of nitrogens with two attached hydrogens (primary N) is 1. The summed E-state index contributed by atoms with van der Waals surface area (Å²) in [5.74, 6) is -2.37. The Kier molecular flexibility index (Phi) is 7.30. The third-order valence-electron chi connectivity index (χ3n) is 6.68. The number of thioether (sulfide) groups is 1. The van der Waals surface area contributed by atoms with Crippen molar-refractivity contribution in [2.24, 2.45) is 5.16 Å². The fraction of sp³-hybridized carbons (Fsp3) is 0.600. The maximum Gasteiger partial charge on any atom is 0.278 e. The number of carbonyl (C=O) groups is 3. The third-order valence-corrected chi connectivity index (χ3v) is 8.56. The molecule has 2 unspecified atom stereocenters. The first kappa shape index (κ1) is 25.3. The Hall–Kier alpha value is -2.75. The number of β-lactam (4-membered cyclic amide) rings is 1. The molecule has 0 spiro atoms. The summed E-state index contributed by atoms with van der Waals surface area (Å²) in [5, 5.41) is 27.3. The number of aliphatic hydroxyl groups is 1. The van der Waals surface area contributed by atoms with Crippen molar-refractivity contribution in [3.63, 3.8) is 0 Å². The highest BCUT2D eigenvalue weighted by atomic mass is 32.2. The third kappa shape index (κ3) is 4.72. The van der Waals surface area contributed by atoms with E-state index in [-0.39, 0.29) is 35.0 Å². The molecule has 4 atom stereocenters. The van der Waals surface area contributed by atoms with Crippen LogP contribution in [0.25, 0.3) is 0 Å². The van der Waals surface area contributed by atoms with Gasteiger partial charge in [-0.3, -0.25) is 14.5 Å². The molecule has 3 aliphatic heterocycles. The Bertz CT molecular complexity index is 1090. The summed E-state index contributed by atoms with van der Waals surface area (Å²) in [6.07, 6.45) is 2.59. The highest BCUT2D eigenvalue weighted by Crippen LogP contribution is 2.41. The molecule has 190 valence electrons.